The van der Waals surface area contributed by atoms with Gasteiger partial charge < -0.3 is 15.8 Å². The molecule has 4 N–H and O–H groups in total. The van der Waals surface area contributed by atoms with Gasteiger partial charge in [0, 0.05) is 0 Å². The number of fused-ring (bicyclic) bond motifs is 1. The SMILES string of the molecule is NCC(F)(F)CNC(=O)CNS(=O)(=O)c1ccc2c(c1)COC2. The summed E-state index contributed by atoms with van der Waals surface area (Å²) < 4.78 is 57.2. The van der Waals surface area contributed by atoms with Crippen LogP contribution >= 0.6 is 0 Å². The van der Waals surface area contributed by atoms with Crippen LogP contribution in [0.5, 0.6) is 0 Å². The number of alkyl halides is 2. The Morgan fingerprint density at radius 3 is 2.70 bits per heavy atom. The van der Waals surface area contributed by atoms with Crippen LogP contribution in [0.25, 0.3) is 0 Å². The van der Waals surface area contributed by atoms with Crippen molar-refractivity contribution in [2.45, 2.75) is 24.0 Å². The Morgan fingerprint density at radius 1 is 1.30 bits per heavy atom. The minimum Gasteiger partial charge on any atom is -0.372 e. The van der Waals surface area contributed by atoms with Crippen LogP contribution in [0, 0.1) is 0 Å². The fourth-order valence-corrected chi connectivity index (χ4v) is 2.95. The molecule has 0 spiro atoms. The zero-order valence-electron chi connectivity index (χ0n) is 12.1. The van der Waals surface area contributed by atoms with Crippen molar-refractivity contribution in [3.05, 3.63) is 29.3 Å². The molecule has 23 heavy (non-hydrogen) atoms. The fourth-order valence-electron chi connectivity index (χ4n) is 1.92. The Morgan fingerprint density at radius 2 is 2.00 bits per heavy atom. The van der Waals surface area contributed by atoms with E-state index in [0.717, 1.165) is 11.1 Å². The monoisotopic (exact) mass is 349 g/mol. The quantitative estimate of drug-likeness (QED) is 0.626. The number of nitrogens with two attached hydrogens (primary N) is 1. The van der Waals surface area contributed by atoms with E-state index >= 15 is 0 Å². The molecule has 0 saturated heterocycles. The van der Waals surface area contributed by atoms with E-state index in [1.54, 1.807) is 6.07 Å². The van der Waals surface area contributed by atoms with Gasteiger partial charge in [-0.3, -0.25) is 4.79 Å². The summed E-state index contributed by atoms with van der Waals surface area (Å²) in [6.07, 6.45) is 0. The molecular formula is C13H17F2N3O4S. The van der Waals surface area contributed by atoms with Crippen LogP contribution in [0.4, 0.5) is 8.78 Å². The second-order valence-electron chi connectivity index (χ2n) is 5.08. The maximum absolute atomic E-state index is 12.9. The number of hydrogen-bond acceptors (Lipinski definition) is 5. The first-order chi connectivity index (χ1) is 10.7. The molecule has 0 unspecified atom stereocenters. The molecule has 1 heterocycles. The summed E-state index contributed by atoms with van der Waals surface area (Å²) in [5.74, 6) is -4.10. The normalized spacial score (nSPS) is 14.6. The summed E-state index contributed by atoms with van der Waals surface area (Å²) in [7, 11) is -3.91. The summed E-state index contributed by atoms with van der Waals surface area (Å²) in [4.78, 5) is 11.4. The van der Waals surface area contributed by atoms with Crippen LogP contribution in [-0.2, 0) is 32.8 Å². The van der Waals surface area contributed by atoms with Crippen molar-refractivity contribution in [1.82, 2.24) is 10.0 Å². The van der Waals surface area contributed by atoms with Crippen molar-refractivity contribution in [3.8, 4) is 0 Å². The third-order valence-electron chi connectivity index (χ3n) is 3.27. The summed E-state index contributed by atoms with van der Waals surface area (Å²) in [6, 6.07) is 4.50. The lowest BCUT2D eigenvalue weighted by molar-refractivity contribution is -0.121. The van der Waals surface area contributed by atoms with Crippen LogP contribution in [0.3, 0.4) is 0 Å². The van der Waals surface area contributed by atoms with Crippen molar-refractivity contribution < 1.29 is 26.7 Å². The highest BCUT2D eigenvalue weighted by atomic mass is 32.2. The minimum absolute atomic E-state index is 0.0122. The van der Waals surface area contributed by atoms with Gasteiger partial charge in [0.15, 0.2) is 0 Å². The van der Waals surface area contributed by atoms with Crippen LogP contribution in [0.15, 0.2) is 23.1 Å². The van der Waals surface area contributed by atoms with Gasteiger partial charge >= 0.3 is 0 Å². The Kier molecular flexibility index (Phi) is 5.30. The van der Waals surface area contributed by atoms with Gasteiger partial charge in [0.25, 0.3) is 5.92 Å². The number of amides is 1. The van der Waals surface area contributed by atoms with Gasteiger partial charge in [-0.05, 0) is 23.3 Å². The molecule has 0 atom stereocenters. The van der Waals surface area contributed by atoms with Crippen molar-refractivity contribution in [2.75, 3.05) is 19.6 Å². The standard InChI is InChI=1S/C13H17F2N3O4S/c14-13(15,7-16)8-17-12(19)4-18-23(20,21)11-2-1-9-5-22-6-10(9)3-11/h1-3,18H,4-8,16H2,(H,17,19). The zero-order chi connectivity index (χ0) is 17.1. The zero-order valence-corrected chi connectivity index (χ0v) is 13.0. The summed E-state index contributed by atoms with van der Waals surface area (Å²) in [5, 5.41) is 1.92. The smallest absolute Gasteiger partial charge is 0.277 e. The van der Waals surface area contributed by atoms with E-state index in [9.17, 15) is 22.0 Å². The molecule has 0 aliphatic carbocycles. The molecule has 0 aromatic heterocycles. The number of ether oxygens (including phenoxy) is 1. The number of carbonyl (C=O) groups is 1. The highest BCUT2D eigenvalue weighted by molar-refractivity contribution is 7.89. The molecule has 128 valence electrons. The molecule has 0 bridgehead atoms. The molecule has 1 aromatic rings. The average Bonchev–Trinajstić information content (AvgIpc) is 2.98. The predicted octanol–water partition coefficient (Wildman–Crippen LogP) is -0.295. The molecular weight excluding hydrogens is 332 g/mol. The fraction of sp³-hybridized carbons (Fsp3) is 0.462. The second-order valence-corrected chi connectivity index (χ2v) is 6.85. The third-order valence-corrected chi connectivity index (χ3v) is 4.67. The number of benzene rings is 1. The van der Waals surface area contributed by atoms with Gasteiger partial charge in [0.1, 0.15) is 0 Å². The number of hydrogen-bond donors (Lipinski definition) is 3. The second kappa shape index (κ2) is 6.87. The lowest BCUT2D eigenvalue weighted by Gasteiger charge is -2.14. The van der Waals surface area contributed by atoms with Crippen LogP contribution < -0.4 is 15.8 Å². The van der Waals surface area contributed by atoms with Crippen LogP contribution in [0.2, 0.25) is 0 Å². The van der Waals surface area contributed by atoms with Gasteiger partial charge in [-0.2, -0.15) is 0 Å². The lowest BCUT2D eigenvalue weighted by atomic mass is 10.1. The minimum atomic E-state index is -3.91. The average molecular weight is 349 g/mol. The summed E-state index contributed by atoms with van der Waals surface area (Å²) in [5.41, 5.74) is 6.51. The molecule has 7 nitrogen and oxygen atoms in total. The molecule has 1 aromatic carbocycles. The van der Waals surface area contributed by atoms with E-state index in [1.807, 2.05) is 5.32 Å². The molecule has 2 rings (SSSR count). The molecule has 1 aliphatic rings. The highest BCUT2D eigenvalue weighted by Gasteiger charge is 2.27. The van der Waals surface area contributed by atoms with Crippen LogP contribution in [0.1, 0.15) is 11.1 Å². The van der Waals surface area contributed by atoms with E-state index in [0.29, 0.717) is 13.2 Å². The first-order valence-corrected chi connectivity index (χ1v) is 8.26. The van der Waals surface area contributed by atoms with E-state index in [4.69, 9.17) is 10.5 Å². The van der Waals surface area contributed by atoms with Crippen molar-refractivity contribution >= 4 is 15.9 Å². The Balaban J connectivity index is 1.93. The number of carbonyl (C=O) groups excluding carboxylic acids is 1. The molecule has 0 radical (unpaired) electrons. The summed E-state index contributed by atoms with van der Waals surface area (Å²) in [6.45, 7) is -1.73. The summed E-state index contributed by atoms with van der Waals surface area (Å²) >= 11 is 0. The van der Waals surface area contributed by atoms with E-state index < -0.39 is 41.5 Å². The van der Waals surface area contributed by atoms with E-state index in [2.05, 4.69) is 4.72 Å². The first kappa shape index (κ1) is 17.7. The van der Waals surface area contributed by atoms with Crippen LogP contribution in [-0.4, -0.2) is 39.9 Å². The maximum atomic E-state index is 12.9. The Hall–Kier alpha value is -1.62. The third kappa shape index (κ3) is 4.67. The molecule has 1 aliphatic heterocycles. The lowest BCUT2D eigenvalue weighted by Crippen LogP contribution is -2.44. The van der Waals surface area contributed by atoms with Gasteiger partial charge in [0.2, 0.25) is 15.9 Å². The number of nitrogens with one attached hydrogen (secondary N) is 2. The van der Waals surface area contributed by atoms with E-state index in [1.165, 1.54) is 12.1 Å². The maximum Gasteiger partial charge on any atom is 0.277 e. The van der Waals surface area contributed by atoms with Crippen molar-refractivity contribution in [1.29, 1.82) is 0 Å². The molecule has 0 fully saturated rings. The number of rotatable bonds is 7. The molecule has 1 amide bonds. The number of sulfonamides is 1. The largest absolute Gasteiger partial charge is 0.372 e. The molecule has 0 saturated carbocycles. The predicted molar refractivity (Wildman–Crippen MR) is 77.1 cm³/mol. The Labute approximate surface area is 132 Å². The number of halogens is 2. The first-order valence-electron chi connectivity index (χ1n) is 6.77. The van der Waals surface area contributed by atoms with Gasteiger partial charge in [0.05, 0.1) is 37.7 Å². The Bertz CT molecular complexity index is 694. The highest BCUT2D eigenvalue weighted by Crippen LogP contribution is 2.22. The van der Waals surface area contributed by atoms with Gasteiger partial charge in [-0.1, -0.05) is 6.07 Å². The van der Waals surface area contributed by atoms with Gasteiger partial charge in [-0.25, -0.2) is 21.9 Å². The topological polar surface area (TPSA) is 111 Å². The van der Waals surface area contributed by atoms with Gasteiger partial charge in [-0.15, -0.1) is 0 Å². The molecule has 10 heteroatoms. The van der Waals surface area contributed by atoms with E-state index in [-0.39, 0.29) is 4.90 Å². The van der Waals surface area contributed by atoms with Crippen molar-refractivity contribution in [3.63, 3.8) is 0 Å². The van der Waals surface area contributed by atoms with Crippen molar-refractivity contribution in [2.24, 2.45) is 5.73 Å².